The van der Waals surface area contributed by atoms with E-state index in [1.807, 2.05) is 13.8 Å². The molecule has 0 aromatic heterocycles. The quantitative estimate of drug-likeness (QED) is 0.149. The molecule has 50 heavy (non-hydrogen) atoms. The maximum atomic E-state index is 14.1. The molecule has 0 saturated carbocycles. The number of nitrogens with one attached hydrogen (secondary N) is 2. The fraction of sp³-hybridized carbons (Fsp3) is 0.333. The molecular formula is C36H37Cl2N3O9. The number of hydrogen-bond acceptors (Lipinski definition) is 9. The number of carboxylic acid groups (broad SMARTS) is 1. The molecule has 0 bridgehead atoms. The number of carbonyl (C=O) groups is 5. The zero-order chi connectivity index (χ0) is 36.4. The summed E-state index contributed by atoms with van der Waals surface area (Å²) in [5.74, 6) is -4.40. The van der Waals surface area contributed by atoms with Crippen molar-refractivity contribution >= 4 is 58.4 Å². The first-order valence-corrected chi connectivity index (χ1v) is 16.6. The third kappa shape index (κ3) is 10.1. The van der Waals surface area contributed by atoms with Gasteiger partial charge in [-0.05, 0) is 47.7 Å². The molecule has 264 valence electrons. The normalized spacial score (nSPS) is 16.5. The number of phenolic OH excluding ortho intramolecular Hbond substituents is 1. The molecule has 1 heterocycles. The number of amides is 2. The van der Waals surface area contributed by atoms with Crippen molar-refractivity contribution in [1.82, 2.24) is 10.6 Å². The van der Waals surface area contributed by atoms with E-state index in [4.69, 9.17) is 32.8 Å². The maximum absolute atomic E-state index is 14.1. The number of hydrogen-bond donors (Lipinski definition) is 4. The van der Waals surface area contributed by atoms with Crippen LogP contribution in [0, 0.1) is 5.92 Å². The molecule has 14 heteroatoms. The molecule has 1 aliphatic rings. The molecule has 0 aliphatic carbocycles. The number of esters is 1. The molecule has 3 aromatic carbocycles. The summed E-state index contributed by atoms with van der Waals surface area (Å²) in [6, 6.07) is 17.6. The number of carbonyl (C=O) groups excluding carboxylic acids is 4. The van der Waals surface area contributed by atoms with Gasteiger partial charge in [-0.1, -0.05) is 90.7 Å². The number of ether oxygens (including phenoxy) is 1. The second-order valence-electron chi connectivity index (χ2n) is 12.2. The monoisotopic (exact) mass is 725 g/mol. The Morgan fingerprint density at radius 3 is 2.20 bits per heavy atom. The number of aryl methyl sites for hydroxylation is 1. The van der Waals surface area contributed by atoms with Crippen molar-refractivity contribution in [3.8, 4) is 5.75 Å². The van der Waals surface area contributed by atoms with Crippen LogP contribution in [0.2, 0.25) is 10.0 Å². The molecule has 12 nitrogen and oxygen atoms in total. The molecule has 0 fully saturated rings. The highest BCUT2D eigenvalue weighted by atomic mass is 35.5. The summed E-state index contributed by atoms with van der Waals surface area (Å²) in [6.45, 7) is 2.88. The second kappa shape index (κ2) is 17.1. The Kier molecular flexibility index (Phi) is 13.0. The van der Waals surface area contributed by atoms with E-state index < -0.39 is 54.3 Å². The van der Waals surface area contributed by atoms with Gasteiger partial charge in [0.05, 0.1) is 33.8 Å². The van der Waals surface area contributed by atoms with Gasteiger partial charge in [0.1, 0.15) is 11.8 Å². The summed E-state index contributed by atoms with van der Waals surface area (Å²) in [4.78, 5) is 70.6. The molecular weight excluding hydrogens is 689 g/mol. The molecule has 3 unspecified atom stereocenters. The van der Waals surface area contributed by atoms with E-state index >= 15 is 0 Å². The number of nitrogens with zero attached hydrogens (tertiary/aromatic N) is 1. The van der Waals surface area contributed by atoms with Crippen LogP contribution in [0.5, 0.6) is 5.75 Å². The van der Waals surface area contributed by atoms with Crippen LogP contribution >= 0.6 is 23.2 Å². The number of benzene rings is 3. The van der Waals surface area contributed by atoms with Crippen molar-refractivity contribution in [2.75, 3.05) is 6.61 Å². The van der Waals surface area contributed by atoms with Gasteiger partial charge in [-0.15, -0.1) is 0 Å². The average Bonchev–Trinajstić information content (AvgIpc) is 3.50. The topological polar surface area (TPSA) is 181 Å². The van der Waals surface area contributed by atoms with E-state index in [1.54, 1.807) is 54.6 Å². The molecule has 0 spiro atoms. The van der Waals surface area contributed by atoms with Crippen LogP contribution in [0.1, 0.15) is 54.6 Å². The number of carboxylic acids is 1. The van der Waals surface area contributed by atoms with Crippen LogP contribution < -0.4 is 10.6 Å². The lowest BCUT2D eigenvalue weighted by Gasteiger charge is -2.29. The van der Waals surface area contributed by atoms with Gasteiger partial charge in [-0.2, -0.15) is 0 Å². The molecule has 2 amide bonds. The third-order valence-corrected chi connectivity index (χ3v) is 8.68. The zero-order valence-electron chi connectivity index (χ0n) is 27.4. The van der Waals surface area contributed by atoms with Gasteiger partial charge in [0.2, 0.25) is 11.5 Å². The first-order valence-electron chi connectivity index (χ1n) is 15.8. The summed E-state index contributed by atoms with van der Waals surface area (Å²) >= 11 is 12.1. The van der Waals surface area contributed by atoms with Gasteiger partial charge >= 0.3 is 11.9 Å². The number of rotatable bonds is 16. The van der Waals surface area contributed by atoms with Crippen molar-refractivity contribution in [3.05, 3.63) is 99.5 Å². The van der Waals surface area contributed by atoms with E-state index in [2.05, 4.69) is 15.8 Å². The summed E-state index contributed by atoms with van der Waals surface area (Å²) in [5, 5.41) is 28.8. The highest BCUT2D eigenvalue weighted by molar-refractivity contribution is 6.39. The SMILES string of the molecule is CC(C)C(NC(=O)CCc1ccc(O)cc1)C1=NOC(Cc2ccccc2)(C(=O)NC(CC(=O)O)C(=O)COC(=O)c2c(Cl)cccc2Cl)C1. The van der Waals surface area contributed by atoms with Crippen molar-refractivity contribution in [3.63, 3.8) is 0 Å². The number of Topliss-reactive ketones (excluding diaryl/α,β-unsaturated/α-hetero) is 1. The first-order chi connectivity index (χ1) is 23.8. The number of halogens is 2. The fourth-order valence-electron chi connectivity index (χ4n) is 5.41. The smallest absolute Gasteiger partial charge is 0.341 e. The average molecular weight is 727 g/mol. The van der Waals surface area contributed by atoms with Crippen molar-refractivity contribution < 1.29 is 43.8 Å². The van der Waals surface area contributed by atoms with Crippen LogP contribution in [0.25, 0.3) is 0 Å². The predicted octanol–water partition coefficient (Wildman–Crippen LogP) is 4.92. The Labute approximate surface area is 298 Å². The van der Waals surface area contributed by atoms with Gasteiger partial charge < -0.3 is 30.4 Å². The summed E-state index contributed by atoms with van der Waals surface area (Å²) in [6.07, 6.45) is -0.303. The second-order valence-corrected chi connectivity index (χ2v) is 13.0. The van der Waals surface area contributed by atoms with Crippen molar-refractivity contribution in [2.24, 2.45) is 11.1 Å². The Bertz CT molecular complexity index is 1730. The number of ketones is 1. The summed E-state index contributed by atoms with van der Waals surface area (Å²) < 4.78 is 5.10. The molecule has 4 rings (SSSR count). The standard InChI is InChI=1S/C36H37Cl2N3O9/c1-21(2)33(40-30(44)16-13-22-11-14-24(42)15-12-22)28-19-36(50-41-28,18-23-7-4-3-5-8-23)35(48)39-27(17-31(45)46)29(43)20-49-34(47)32-25(37)9-6-10-26(32)38/h3-12,14-15,21,27,33,42H,13,16-20H2,1-2H3,(H,39,48)(H,40,44)(H,45,46). The minimum absolute atomic E-state index is 0.000259. The van der Waals surface area contributed by atoms with Gasteiger partial charge in [0.15, 0.2) is 12.4 Å². The van der Waals surface area contributed by atoms with Crippen LogP contribution in [0.4, 0.5) is 0 Å². The molecule has 3 aromatic rings. The van der Waals surface area contributed by atoms with Crippen LogP contribution in [0.3, 0.4) is 0 Å². The molecule has 0 radical (unpaired) electrons. The largest absolute Gasteiger partial charge is 0.508 e. The lowest BCUT2D eigenvalue weighted by Crippen LogP contribution is -2.55. The van der Waals surface area contributed by atoms with Crippen LogP contribution in [-0.4, -0.2) is 69.8 Å². The Hall–Kier alpha value is -4.94. The number of phenols is 1. The van der Waals surface area contributed by atoms with Crippen LogP contribution in [-0.2, 0) is 41.6 Å². The molecule has 0 saturated heterocycles. The van der Waals surface area contributed by atoms with Crippen molar-refractivity contribution in [2.45, 2.75) is 63.6 Å². The lowest BCUT2D eigenvalue weighted by atomic mass is 9.84. The van der Waals surface area contributed by atoms with Gasteiger partial charge in [0, 0.05) is 19.3 Å². The highest BCUT2D eigenvalue weighted by Crippen LogP contribution is 2.32. The third-order valence-electron chi connectivity index (χ3n) is 8.06. The highest BCUT2D eigenvalue weighted by Gasteiger charge is 2.49. The Morgan fingerprint density at radius 2 is 1.58 bits per heavy atom. The lowest BCUT2D eigenvalue weighted by molar-refractivity contribution is -0.148. The first kappa shape index (κ1) is 37.9. The minimum Gasteiger partial charge on any atom is -0.508 e. The van der Waals surface area contributed by atoms with Crippen LogP contribution in [0.15, 0.2) is 78.0 Å². The van der Waals surface area contributed by atoms with Gasteiger partial charge in [0.25, 0.3) is 5.91 Å². The number of aliphatic carboxylic acids is 1. The summed E-state index contributed by atoms with van der Waals surface area (Å²) in [7, 11) is 0. The zero-order valence-corrected chi connectivity index (χ0v) is 28.9. The predicted molar refractivity (Wildman–Crippen MR) is 185 cm³/mol. The van der Waals surface area contributed by atoms with E-state index in [9.17, 15) is 34.2 Å². The van der Waals surface area contributed by atoms with E-state index in [0.29, 0.717) is 17.7 Å². The number of aromatic hydroxyl groups is 1. The van der Waals surface area contributed by atoms with Gasteiger partial charge in [-0.25, -0.2) is 4.79 Å². The minimum atomic E-state index is -1.71. The summed E-state index contributed by atoms with van der Waals surface area (Å²) in [5.41, 5.74) is 0.0762. The van der Waals surface area contributed by atoms with E-state index in [1.165, 1.54) is 18.2 Å². The molecule has 1 aliphatic heterocycles. The van der Waals surface area contributed by atoms with E-state index in [0.717, 1.165) is 5.56 Å². The maximum Gasteiger partial charge on any atom is 0.341 e. The number of oxime groups is 1. The Morgan fingerprint density at radius 1 is 0.920 bits per heavy atom. The van der Waals surface area contributed by atoms with Gasteiger partial charge in [-0.3, -0.25) is 19.2 Å². The molecule has 4 N–H and O–H groups in total. The van der Waals surface area contributed by atoms with E-state index in [-0.39, 0.29) is 52.4 Å². The van der Waals surface area contributed by atoms with Crippen molar-refractivity contribution in [1.29, 1.82) is 0 Å². The molecule has 3 atom stereocenters. The Balaban J connectivity index is 1.50. The fourth-order valence-corrected chi connectivity index (χ4v) is 5.96.